The van der Waals surface area contributed by atoms with Crippen LogP contribution in [0.3, 0.4) is 0 Å². The Hall–Kier alpha value is -1.70. The number of nitrogens with zero attached hydrogens (tertiary/aromatic N) is 3. The highest BCUT2D eigenvalue weighted by molar-refractivity contribution is 7.09. The molecular weight excluding hydrogens is 350 g/mol. The highest BCUT2D eigenvalue weighted by atomic mass is 32.1. The van der Waals surface area contributed by atoms with E-state index in [-0.39, 0.29) is 11.3 Å². The van der Waals surface area contributed by atoms with E-state index in [2.05, 4.69) is 9.88 Å². The molecule has 0 saturated carbocycles. The zero-order chi connectivity index (χ0) is 18.0. The number of methoxy groups -OCH3 is 1. The molecule has 0 aliphatic carbocycles. The topological polar surface area (TPSA) is 58.8 Å². The summed E-state index contributed by atoms with van der Waals surface area (Å²) in [6.07, 6.45) is 5.61. The van der Waals surface area contributed by atoms with Gasteiger partial charge in [-0.2, -0.15) is 0 Å². The van der Waals surface area contributed by atoms with Crippen LogP contribution in [-0.2, 0) is 11.3 Å². The number of piperidine rings is 1. The maximum absolute atomic E-state index is 12.7. The Morgan fingerprint density at radius 1 is 1.46 bits per heavy atom. The minimum absolute atomic E-state index is 0.00167. The third-order valence-electron chi connectivity index (χ3n) is 5.89. The molecule has 0 radical (unpaired) electrons. The predicted molar refractivity (Wildman–Crippen MR) is 99.0 cm³/mol. The first-order valence-corrected chi connectivity index (χ1v) is 10.0. The van der Waals surface area contributed by atoms with E-state index in [4.69, 9.17) is 9.15 Å². The number of thiazole rings is 1. The fourth-order valence-corrected chi connectivity index (χ4v) is 5.08. The molecule has 1 atom stereocenters. The average Bonchev–Trinajstić information content (AvgIpc) is 3.40. The van der Waals surface area contributed by atoms with Gasteiger partial charge in [0.15, 0.2) is 5.76 Å². The maximum Gasteiger partial charge on any atom is 0.289 e. The highest BCUT2D eigenvalue weighted by Gasteiger charge is 2.49. The molecule has 140 valence electrons. The average molecular weight is 375 g/mol. The molecule has 2 aromatic heterocycles. The van der Waals surface area contributed by atoms with Gasteiger partial charge in [0.05, 0.1) is 19.4 Å². The lowest BCUT2D eigenvalue weighted by molar-refractivity contribution is 0.0347. The van der Waals surface area contributed by atoms with Crippen LogP contribution in [0.15, 0.2) is 34.4 Å². The van der Waals surface area contributed by atoms with Crippen LogP contribution >= 0.6 is 11.3 Å². The molecule has 2 aliphatic rings. The number of rotatable bonds is 5. The Morgan fingerprint density at radius 2 is 2.31 bits per heavy atom. The number of hydrogen-bond acceptors (Lipinski definition) is 6. The van der Waals surface area contributed by atoms with Crippen molar-refractivity contribution in [2.75, 3.05) is 39.9 Å². The molecule has 1 amide bonds. The largest absolute Gasteiger partial charge is 0.459 e. The van der Waals surface area contributed by atoms with Crippen LogP contribution < -0.4 is 0 Å². The number of carbonyl (C=O) groups is 1. The molecule has 4 rings (SSSR count). The number of amides is 1. The summed E-state index contributed by atoms with van der Waals surface area (Å²) < 4.78 is 10.8. The summed E-state index contributed by atoms with van der Waals surface area (Å²) >= 11 is 1.72. The van der Waals surface area contributed by atoms with Crippen LogP contribution in [0, 0.1) is 11.3 Å². The van der Waals surface area contributed by atoms with Crippen molar-refractivity contribution in [1.29, 1.82) is 0 Å². The molecule has 26 heavy (non-hydrogen) atoms. The summed E-state index contributed by atoms with van der Waals surface area (Å²) in [7, 11) is 1.75. The third kappa shape index (κ3) is 3.43. The Kier molecular flexibility index (Phi) is 5.11. The highest BCUT2D eigenvalue weighted by Crippen LogP contribution is 2.45. The fourth-order valence-electron chi connectivity index (χ4n) is 4.42. The molecule has 0 unspecified atom stereocenters. The first-order chi connectivity index (χ1) is 12.7. The maximum atomic E-state index is 12.7. The zero-order valence-corrected chi connectivity index (χ0v) is 15.9. The van der Waals surface area contributed by atoms with Crippen LogP contribution in [0.1, 0.15) is 28.4 Å². The minimum atomic E-state index is -0.00167. The van der Waals surface area contributed by atoms with Gasteiger partial charge in [-0.1, -0.05) is 0 Å². The minimum Gasteiger partial charge on any atom is -0.459 e. The molecule has 0 N–H and O–H groups in total. The zero-order valence-electron chi connectivity index (χ0n) is 15.1. The van der Waals surface area contributed by atoms with Crippen LogP contribution in [0.5, 0.6) is 0 Å². The van der Waals surface area contributed by atoms with E-state index >= 15 is 0 Å². The van der Waals surface area contributed by atoms with Gasteiger partial charge in [0.2, 0.25) is 0 Å². The van der Waals surface area contributed by atoms with E-state index < -0.39 is 0 Å². The first-order valence-electron chi connectivity index (χ1n) is 9.13. The molecule has 2 aromatic rings. The Balaban J connectivity index is 1.43. The van der Waals surface area contributed by atoms with Crippen LogP contribution in [0.25, 0.3) is 0 Å². The van der Waals surface area contributed by atoms with E-state index in [9.17, 15) is 4.79 Å². The van der Waals surface area contributed by atoms with Crippen molar-refractivity contribution in [1.82, 2.24) is 14.8 Å². The van der Waals surface area contributed by atoms with Gasteiger partial charge in [0.25, 0.3) is 5.91 Å². The molecule has 0 aromatic carbocycles. The second-order valence-corrected chi connectivity index (χ2v) is 8.36. The van der Waals surface area contributed by atoms with Crippen molar-refractivity contribution in [3.05, 3.63) is 40.7 Å². The van der Waals surface area contributed by atoms with Gasteiger partial charge in [0, 0.05) is 37.7 Å². The quantitative estimate of drug-likeness (QED) is 0.804. The van der Waals surface area contributed by atoms with Gasteiger partial charge in [0.1, 0.15) is 5.01 Å². The molecular formula is C19H25N3O3S. The summed E-state index contributed by atoms with van der Waals surface area (Å²) in [6.45, 7) is 5.27. The number of hydrogen-bond donors (Lipinski definition) is 0. The summed E-state index contributed by atoms with van der Waals surface area (Å²) in [5.74, 6) is 0.811. The lowest BCUT2D eigenvalue weighted by Crippen LogP contribution is -2.45. The van der Waals surface area contributed by atoms with Crippen molar-refractivity contribution in [3.63, 3.8) is 0 Å². The molecule has 1 spiro atoms. The summed E-state index contributed by atoms with van der Waals surface area (Å²) in [5.41, 5.74) is 0.150. The number of carbonyl (C=O) groups excluding carboxylic acids is 1. The molecule has 0 bridgehead atoms. The Bertz CT molecular complexity index is 708. The van der Waals surface area contributed by atoms with Crippen molar-refractivity contribution >= 4 is 17.2 Å². The SMILES string of the molecule is COC[C@@H]1CN(C(=O)c2ccco2)CC12CCN(Cc1nccs1)CC2. The van der Waals surface area contributed by atoms with Crippen molar-refractivity contribution in [2.45, 2.75) is 19.4 Å². The van der Waals surface area contributed by atoms with Gasteiger partial charge in [-0.3, -0.25) is 9.69 Å². The summed E-state index contributed by atoms with van der Waals surface area (Å²) in [5, 5.41) is 3.21. The van der Waals surface area contributed by atoms with Gasteiger partial charge >= 0.3 is 0 Å². The number of ether oxygens (including phenoxy) is 1. The van der Waals surface area contributed by atoms with Gasteiger partial charge < -0.3 is 14.1 Å². The Labute approximate surface area is 157 Å². The van der Waals surface area contributed by atoms with E-state index in [0.717, 1.165) is 45.6 Å². The van der Waals surface area contributed by atoms with Gasteiger partial charge in [-0.05, 0) is 43.5 Å². The molecule has 4 heterocycles. The molecule has 6 nitrogen and oxygen atoms in total. The van der Waals surface area contributed by atoms with Crippen LogP contribution in [0.4, 0.5) is 0 Å². The second kappa shape index (κ2) is 7.50. The van der Waals surface area contributed by atoms with Crippen molar-refractivity contribution in [2.24, 2.45) is 11.3 Å². The smallest absolute Gasteiger partial charge is 0.289 e. The van der Waals surface area contributed by atoms with E-state index in [0.29, 0.717) is 18.3 Å². The molecule has 2 saturated heterocycles. The van der Waals surface area contributed by atoms with Gasteiger partial charge in [-0.15, -0.1) is 11.3 Å². The lowest BCUT2D eigenvalue weighted by Gasteiger charge is -2.42. The first kappa shape index (κ1) is 17.7. The monoisotopic (exact) mass is 375 g/mol. The van der Waals surface area contributed by atoms with E-state index in [1.165, 1.54) is 5.01 Å². The molecule has 2 aliphatic heterocycles. The van der Waals surface area contributed by atoms with Crippen LogP contribution in [0.2, 0.25) is 0 Å². The van der Waals surface area contributed by atoms with Crippen molar-refractivity contribution < 1.29 is 13.9 Å². The molecule has 2 fully saturated rings. The van der Waals surface area contributed by atoms with E-state index in [1.807, 2.05) is 16.5 Å². The van der Waals surface area contributed by atoms with E-state index in [1.54, 1.807) is 36.8 Å². The van der Waals surface area contributed by atoms with Gasteiger partial charge in [-0.25, -0.2) is 4.98 Å². The number of likely N-dealkylation sites (tertiary alicyclic amines) is 2. The standard InChI is InChI=1S/C19H25N3O3S/c1-24-13-15-11-22(18(23)16-3-2-9-25-16)14-19(15)4-7-21(8-5-19)12-17-20-6-10-26-17/h2-3,6,9-10,15H,4-5,7-8,11-14H2,1H3/t15-/m0/s1. The lowest BCUT2D eigenvalue weighted by atomic mass is 9.71. The second-order valence-electron chi connectivity index (χ2n) is 7.38. The number of furan rings is 1. The number of aromatic nitrogens is 1. The summed E-state index contributed by atoms with van der Waals surface area (Å²) in [4.78, 5) is 21.6. The van der Waals surface area contributed by atoms with Crippen molar-refractivity contribution in [3.8, 4) is 0 Å². The Morgan fingerprint density at radius 3 is 2.96 bits per heavy atom. The summed E-state index contributed by atoms with van der Waals surface area (Å²) in [6, 6.07) is 3.51. The normalized spacial score (nSPS) is 23.0. The predicted octanol–water partition coefficient (Wildman–Crippen LogP) is 2.74. The van der Waals surface area contributed by atoms with Crippen LogP contribution in [-0.4, -0.2) is 60.6 Å². The fraction of sp³-hybridized carbons (Fsp3) is 0.579. The molecule has 7 heteroatoms. The third-order valence-corrected chi connectivity index (χ3v) is 6.66.